The number of nitro groups is 3. The predicted molar refractivity (Wildman–Crippen MR) is 135 cm³/mol. The zero-order valence-electron chi connectivity index (χ0n) is 21.4. The first-order valence-corrected chi connectivity index (χ1v) is 14.7. The van der Waals surface area contributed by atoms with Gasteiger partial charge < -0.3 is 34.6 Å². The molecule has 3 unspecified atom stereocenters. The van der Waals surface area contributed by atoms with Crippen LogP contribution in [0.5, 0.6) is 0 Å². The summed E-state index contributed by atoms with van der Waals surface area (Å²) in [5, 5.41) is 39.0. The Morgan fingerprint density at radius 2 is 1.84 bits per heavy atom. The molecule has 27 nitrogen and oxygen atoms in total. The van der Waals surface area contributed by atoms with Crippen molar-refractivity contribution in [3.8, 4) is 0 Å². The lowest BCUT2D eigenvalue weighted by molar-refractivity contribution is -0.569. The maximum absolute atomic E-state index is 12.1. The van der Waals surface area contributed by atoms with Gasteiger partial charge in [-0.1, -0.05) is 0 Å². The lowest BCUT2D eigenvalue weighted by atomic mass is 9.96. The number of nitrogens with two attached hydrogens (primary N) is 1. The minimum absolute atomic E-state index is 0.159. The van der Waals surface area contributed by atoms with E-state index in [1.165, 1.54) is 0 Å². The van der Waals surface area contributed by atoms with E-state index in [0.717, 1.165) is 10.9 Å². The largest absolute Gasteiger partial charge is 0.481 e. The molecule has 45 heavy (non-hydrogen) atoms. The smallest absolute Gasteiger partial charge is 0.382 e. The van der Waals surface area contributed by atoms with E-state index < -0.39 is 90.7 Å². The summed E-state index contributed by atoms with van der Waals surface area (Å²) in [4.78, 5) is 74.1. The molecule has 2 aromatic heterocycles. The summed E-state index contributed by atoms with van der Waals surface area (Å²) in [7, 11) is -11.1. The van der Waals surface area contributed by atoms with Gasteiger partial charge in [0.25, 0.3) is 5.70 Å². The first-order valence-electron chi connectivity index (χ1n) is 11.6. The van der Waals surface area contributed by atoms with Crippen molar-refractivity contribution < 1.29 is 61.6 Å². The summed E-state index contributed by atoms with van der Waals surface area (Å²) in [6, 6.07) is -2.44. The number of allylic oxidation sites excluding steroid dienone is 1. The number of phosphoric ester groups is 1. The van der Waals surface area contributed by atoms with Gasteiger partial charge in [0, 0.05) is 9.84 Å². The van der Waals surface area contributed by atoms with Crippen molar-refractivity contribution in [1.82, 2.24) is 19.5 Å². The lowest BCUT2D eigenvalue weighted by Gasteiger charge is -2.30. The molecule has 2 aromatic rings. The molecule has 0 aromatic carbocycles. The van der Waals surface area contributed by atoms with E-state index in [9.17, 15) is 44.4 Å². The first-order chi connectivity index (χ1) is 21.0. The minimum atomic E-state index is -5.59. The number of imidazole rings is 1. The fraction of sp³-hybridized carbons (Fsp3) is 0.438. The second-order valence-corrected chi connectivity index (χ2v) is 11.8. The van der Waals surface area contributed by atoms with E-state index in [1.807, 2.05) is 0 Å². The second kappa shape index (κ2) is 11.1. The van der Waals surface area contributed by atoms with Crippen molar-refractivity contribution in [3.05, 3.63) is 70.7 Å². The summed E-state index contributed by atoms with van der Waals surface area (Å²) in [6.07, 6.45) is -5.21. The number of ether oxygens (including phenoxy) is 3. The van der Waals surface area contributed by atoms with Gasteiger partial charge in [-0.15, -0.1) is 0 Å². The summed E-state index contributed by atoms with van der Waals surface area (Å²) >= 11 is 0. The molecule has 2 aliphatic heterocycles. The maximum atomic E-state index is 12.1. The van der Waals surface area contributed by atoms with E-state index in [2.05, 4.69) is 33.8 Å². The van der Waals surface area contributed by atoms with E-state index in [1.54, 1.807) is 0 Å². The van der Waals surface area contributed by atoms with Crippen molar-refractivity contribution in [2.24, 2.45) is 5.11 Å². The highest BCUT2D eigenvalue weighted by atomic mass is 31.3. The highest BCUT2D eigenvalue weighted by molar-refractivity contribution is 7.60. The van der Waals surface area contributed by atoms with Crippen molar-refractivity contribution in [2.75, 3.05) is 12.3 Å². The van der Waals surface area contributed by atoms with Gasteiger partial charge >= 0.3 is 33.2 Å². The van der Waals surface area contributed by atoms with Crippen LogP contribution in [0.3, 0.4) is 0 Å². The Hall–Kier alpha value is -4.52. The van der Waals surface area contributed by atoms with Gasteiger partial charge in [0.05, 0.1) is 28.6 Å². The number of hydrogen-bond acceptors (Lipinski definition) is 18. The van der Waals surface area contributed by atoms with E-state index in [-0.39, 0.29) is 17.0 Å². The predicted octanol–water partition coefficient (Wildman–Crippen LogP) is -0.0656. The number of rotatable bonds is 10. The molecule has 5 rings (SSSR count). The van der Waals surface area contributed by atoms with Gasteiger partial charge in [-0.2, -0.15) is 4.31 Å². The van der Waals surface area contributed by atoms with Crippen LogP contribution in [0, 0.1) is 30.3 Å². The van der Waals surface area contributed by atoms with Gasteiger partial charge in [-0.3, -0.25) is 39.4 Å². The number of nitrogens with zero attached hydrogens (tertiary/aromatic N) is 10. The van der Waals surface area contributed by atoms with E-state index >= 15 is 0 Å². The molecule has 5 N–H and O–H groups in total. The Balaban J connectivity index is 1.65. The first kappa shape index (κ1) is 31.9. The summed E-state index contributed by atoms with van der Waals surface area (Å²) < 4.78 is 49.9. The third-order valence-corrected chi connectivity index (χ3v) is 8.54. The monoisotopic (exact) mass is 679 g/mol. The number of phosphoric acid groups is 2. The van der Waals surface area contributed by atoms with Crippen LogP contribution in [-0.4, -0.2) is 85.7 Å². The van der Waals surface area contributed by atoms with Crippen LogP contribution in [0.1, 0.15) is 6.23 Å². The molecule has 7 atom stereocenters. The molecule has 3 aliphatic rings. The number of nitrogen functional groups attached to an aromatic ring is 1. The van der Waals surface area contributed by atoms with Crippen LogP contribution in [0.25, 0.3) is 21.6 Å². The Bertz CT molecular complexity index is 1840. The summed E-state index contributed by atoms with van der Waals surface area (Å²) in [5.41, 5.74) is 12.3. The van der Waals surface area contributed by atoms with Gasteiger partial charge in [0.2, 0.25) is 5.95 Å². The number of azide groups is 1. The van der Waals surface area contributed by atoms with Crippen LogP contribution >= 0.6 is 15.6 Å². The maximum Gasteiger partial charge on any atom is 0.481 e. The molecular weight excluding hydrogens is 664 g/mol. The average Bonchev–Trinajstić information content (AvgIpc) is 3.57. The van der Waals surface area contributed by atoms with Crippen molar-refractivity contribution in [1.29, 1.82) is 0 Å². The number of fused-ring (bicyclic) bond motifs is 2. The Labute approximate surface area is 244 Å². The molecule has 4 heterocycles. The van der Waals surface area contributed by atoms with Gasteiger partial charge in [0.1, 0.15) is 24.6 Å². The van der Waals surface area contributed by atoms with Gasteiger partial charge in [0.15, 0.2) is 23.2 Å². The molecular formula is C16H15N11O16P2. The molecule has 29 heteroatoms. The number of hydrogen-bond donors (Lipinski definition) is 4. The summed E-state index contributed by atoms with van der Waals surface area (Å²) in [5.74, 6) is -3.76. The second-order valence-electron chi connectivity index (χ2n) is 9.00. The van der Waals surface area contributed by atoms with Crippen LogP contribution < -0.4 is 5.73 Å². The normalized spacial score (nSPS) is 29.0. The Morgan fingerprint density at radius 1 is 1.16 bits per heavy atom. The van der Waals surface area contributed by atoms with Crippen LogP contribution in [0.15, 0.2) is 35.0 Å². The lowest BCUT2D eigenvalue weighted by Crippen LogP contribution is -2.53. The fourth-order valence-electron chi connectivity index (χ4n) is 4.80. The van der Waals surface area contributed by atoms with Crippen molar-refractivity contribution in [2.45, 2.75) is 36.4 Å². The highest BCUT2D eigenvalue weighted by Crippen LogP contribution is 2.58. The molecule has 0 saturated carbocycles. The topological polar surface area (TPSA) is 389 Å². The molecule has 1 spiro atoms. The molecule has 2 fully saturated rings. The van der Waals surface area contributed by atoms with Gasteiger partial charge in [-0.25, -0.2) is 24.1 Å². The quantitative estimate of drug-likeness (QED) is 0.0637. The third-order valence-electron chi connectivity index (χ3n) is 6.39. The SMILES string of the molecule is [N-]=[N+]=Nc1nc2c(N)ncnc2n1[C@@H]1O[C@H](COP(=O)(O)OP(=O)(O)O)[C@H]2OC3(O[C@H]21)C([N+](=O)[O-])=CC([N+](=O)[O-])=CC3[N+](=O)[O-]. The molecule has 1 aliphatic carbocycles. The standard InChI is InChI=1S/C16H15N11O16P2/c17-12-9-13(20-4-19-12)24(15(21-9)22-23-18)14-11-10(6(40-14)3-39-45(37,38)43-44(34,35)36)41-16(42-11)7(26(30)31)1-5(25(28)29)2-8(16)27(32)33/h1-2,4,6-7,10-11,14H,3H2,(H,37,38)(H2,17,19,20)(H2,34,35,36)/t6-,7?,10-,11-,14-,16?/m1/s1. The fourth-order valence-corrected chi connectivity index (χ4v) is 6.40. The number of aromatic nitrogens is 4. The third kappa shape index (κ3) is 5.72. The number of anilines is 1. The summed E-state index contributed by atoms with van der Waals surface area (Å²) in [6.45, 7) is -1.15. The Morgan fingerprint density at radius 3 is 2.44 bits per heavy atom. The van der Waals surface area contributed by atoms with Gasteiger partial charge in [-0.05, 0) is 10.6 Å². The molecule has 0 radical (unpaired) electrons. The molecule has 240 valence electrons. The van der Waals surface area contributed by atoms with Crippen LogP contribution in [0.2, 0.25) is 0 Å². The minimum Gasteiger partial charge on any atom is -0.382 e. The van der Waals surface area contributed by atoms with Crippen LogP contribution in [-0.2, 0) is 32.2 Å². The zero-order chi connectivity index (χ0) is 33.1. The van der Waals surface area contributed by atoms with E-state index in [4.69, 9.17) is 35.3 Å². The van der Waals surface area contributed by atoms with E-state index in [0.29, 0.717) is 12.2 Å². The average molecular weight is 679 g/mol. The highest BCUT2D eigenvalue weighted by Gasteiger charge is 2.72. The Kier molecular flexibility index (Phi) is 7.89. The molecule has 0 bridgehead atoms. The zero-order valence-corrected chi connectivity index (χ0v) is 23.2. The van der Waals surface area contributed by atoms with Crippen molar-refractivity contribution in [3.63, 3.8) is 0 Å². The molecule has 2 saturated heterocycles. The van der Waals surface area contributed by atoms with Crippen molar-refractivity contribution >= 4 is 38.6 Å². The molecule has 0 amide bonds. The van der Waals surface area contributed by atoms with Crippen LogP contribution in [0.4, 0.5) is 11.8 Å².